The van der Waals surface area contributed by atoms with Crippen LogP contribution in [-0.2, 0) is 4.79 Å². The van der Waals surface area contributed by atoms with Crippen molar-refractivity contribution in [3.05, 3.63) is 30.3 Å². The number of hydrogen-bond donors (Lipinski definition) is 1. The summed E-state index contributed by atoms with van der Waals surface area (Å²) >= 11 is 1.26. The predicted octanol–water partition coefficient (Wildman–Crippen LogP) is 1.79. The van der Waals surface area contributed by atoms with Crippen molar-refractivity contribution in [2.75, 3.05) is 24.2 Å². The number of anilines is 1. The molecule has 1 saturated heterocycles. The lowest BCUT2D eigenvalue weighted by Crippen LogP contribution is -2.33. The van der Waals surface area contributed by atoms with E-state index in [4.69, 9.17) is 0 Å². The Hall–Kier alpha value is -1.49. The number of nitrogens with zero attached hydrogens (tertiary/aromatic N) is 1. The molecule has 2 rings (SSSR count). The molecule has 1 heterocycles. The third-order valence-electron chi connectivity index (χ3n) is 2.24. The number of benzene rings is 1. The van der Waals surface area contributed by atoms with Crippen molar-refractivity contribution in [1.82, 2.24) is 4.90 Å². The fraction of sp³-hybridized carbons (Fsp3) is 0.273. The Bertz CT molecular complexity index is 394. The van der Waals surface area contributed by atoms with E-state index in [0.717, 1.165) is 11.4 Å². The van der Waals surface area contributed by atoms with Crippen LogP contribution in [0.3, 0.4) is 0 Å². The van der Waals surface area contributed by atoms with E-state index in [9.17, 15) is 9.59 Å². The van der Waals surface area contributed by atoms with Crippen LogP contribution < -0.4 is 5.32 Å². The number of nitrogens with one attached hydrogen (secondary N) is 1. The maximum absolute atomic E-state index is 11.6. The van der Waals surface area contributed by atoms with Crippen LogP contribution in [0.4, 0.5) is 10.5 Å². The molecule has 1 fully saturated rings. The summed E-state index contributed by atoms with van der Waals surface area (Å²) < 4.78 is 0. The quantitative estimate of drug-likeness (QED) is 0.870. The predicted molar refractivity (Wildman–Crippen MR) is 64.5 cm³/mol. The summed E-state index contributed by atoms with van der Waals surface area (Å²) in [6.07, 6.45) is 0. The van der Waals surface area contributed by atoms with E-state index in [1.165, 1.54) is 11.8 Å². The number of thioether (sulfide) groups is 1. The van der Waals surface area contributed by atoms with E-state index in [0.29, 0.717) is 6.54 Å². The molecule has 1 aromatic carbocycles. The Morgan fingerprint density at radius 2 is 2.12 bits per heavy atom. The zero-order valence-electron chi connectivity index (χ0n) is 8.68. The first-order valence-electron chi connectivity index (χ1n) is 5.02. The lowest BCUT2D eigenvalue weighted by molar-refractivity contribution is -0.116. The van der Waals surface area contributed by atoms with E-state index < -0.39 is 0 Å². The number of para-hydroxylation sites is 1. The van der Waals surface area contributed by atoms with Crippen LogP contribution in [-0.4, -0.2) is 34.9 Å². The second-order valence-corrected chi connectivity index (χ2v) is 4.50. The van der Waals surface area contributed by atoms with E-state index >= 15 is 0 Å². The molecule has 0 radical (unpaired) electrons. The second-order valence-electron chi connectivity index (χ2n) is 3.45. The van der Waals surface area contributed by atoms with Crippen LogP contribution in [0.5, 0.6) is 0 Å². The topological polar surface area (TPSA) is 49.4 Å². The Balaban J connectivity index is 1.87. The largest absolute Gasteiger partial charge is 0.325 e. The smallest absolute Gasteiger partial charge is 0.282 e. The standard InChI is InChI=1S/C11H12N2O2S/c14-10(8-13-6-7-16-11(13)15)12-9-4-2-1-3-5-9/h1-5H,6-8H2,(H,12,14). The van der Waals surface area contributed by atoms with Crippen molar-refractivity contribution in [3.8, 4) is 0 Å². The van der Waals surface area contributed by atoms with Gasteiger partial charge in [-0.15, -0.1) is 0 Å². The average Bonchev–Trinajstić information content (AvgIpc) is 2.66. The number of carbonyl (C=O) groups is 2. The molecule has 1 aliphatic heterocycles. The van der Waals surface area contributed by atoms with Gasteiger partial charge in [-0.2, -0.15) is 0 Å². The molecular weight excluding hydrogens is 224 g/mol. The van der Waals surface area contributed by atoms with Crippen molar-refractivity contribution >= 4 is 28.6 Å². The molecule has 16 heavy (non-hydrogen) atoms. The monoisotopic (exact) mass is 236 g/mol. The van der Waals surface area contributed by atoms with Gasteiger partial charge in [0.25, 0.3) is 5.24 Å². The number of carbonyl (C=O) groups excluding carboxylic acids is 2. The molecular formula is C11H12N2O2S. The Morgan fingerprint density at radius 3 is 2.75 bits per heavy atom. The first-order valence-corrected chi connectivity index (χ1v) is 6.01. The lowest BCUT2D eigenvalue weighted by Gasteiger charge is -2.13. The second kappa shape index (κ2) is 5.03. The summed E-state index contributed by atoms with van der Waals surface area (Å²) in [6.45, 7) is 0.798. The molecule has 0 unspecified atom stereocenters. The molecule has 0 aliphatic carbocycles. The zero-order chi connectivity index (χ0) is 11.4. The SMILES string of the molecule is O=C(CN1CCSC1=O)Nc1ccccc1. The fourth-order valence-corrected chi connectivity index (χ4v) is 2.29. The highest BCUT2D eigenvalue weighted by Gasteiger charge is 2.22. The van der Waals surface area contributed by atoms with Gasteiger partial charge < -0.3 is 10.2 Å². The minimum absolute atomic E-state index is 0.0109. The molecule has 0 aromatic heterocycles. The minimum Gasteiger partial charge on any atom is -0.325 e. The summed E-state index contributed by atoms with van der Waals surface area (Å²) in [5.74, 6) is 0.624. The van der Waals surface area contributed by atoms with Gasteiger partial charge in [0.05, 0.1) is 0 Å². The molecule has 2 amide bonds. The van der Waals surface area contributed by atoms with Crippen LogP contribution in [0.15, 0.2) is 30.3 Å². The van der Waals surface area contributed by atoms with Gasteiger partial charge in [-0.3, -0.25) is 9.59 Å². The lowest BCUT2D eigenvalue weighted by atomic mass is 10.3. The van der Waals surface area contributed by atoms with Gasteiger partial charge >= 0.3 is 0 Å². The van der Waals surface area contributed by atoms with Gasteiger partial charge in [0.15, 0.2) is 0 Å². The maximum Gasteiger partial charge on any atom is 0.282 e. The van der Waals surface area contributed by atoms with Crippen molar-refractivity contribution in [3.63, 3.8) is 0 Å². The van der Waals surface area contributed by atoms with Gasteiger partial charge in [0.1, 0.15) is 6.54 Å². The number of rotatable bonds is 3. The van der Waals surface area contributed by atoms with Gasteiger partial charge in [-0.05, 0) is 12.1 Å². The van der Waals surface area contributed by atoms with Crippen LogP contribution in [0.2, 0.25) is 0 Å². The number of amides is 2. The van der Waals surface area contributed by atoms with Crippen molar-refractivity contribution in [1.29, 1.82) is 0 Å². The molecule has 1 N–H and O–H groups in total. The van der Waals surface area contributed by atoms with Crippen molar-refractivity contribution in [2.45, 2.75) is 0 Å². The zero-order valence-corrected chi connectivity index (χ0v) is 9.50. The minimum atomic E-state index is -0.151. The highest BCUT2D eigenvalue weighted by Crippen LogP contribution is 2.16. The van der Waals surface area contributed by atoms with Gasteiger partial charge in [0, 0.05) is 18.0 Å². The van der Waals surface area contributed by atoms with E-state index in [1.54, 1.807) is 4.90 Å². The van der Waals surface area contributed by atoms with E-state index in [-0.39, 0.29) is 17.7 Å². The normalized spacial score (nSPS) is 15.2. The molecule has 0 spiro atoms. The molecule has 1 aromatic rings. The van der Waals surface area contributed by atoms with E-state index in [2.05, 4.69) is 5.32 Å². The summed E-state index contributed by atoms with van der Waals surface area (Å²) in [4.78, 5) is 24.4. The third kappa shape index (κ3) is 2.76. The third-order valence-corrected chi connectivity index (χ3v) is 3.13. The molecule has 0 atom stereocenters. The van der Waals surface area contributed by atoms with Gasteiger partial charge in [-0.25, -0.2) is 0 Å². The van der Waals surface area contributed by atoms with Gasteiger partial charge in [0.2, 0.25) is 5.91 Å². The first-order chi connectivity index (χ1) is 7.75. The molecule has 5 heteroatoms. The van der Waals surface area contributed by atoms with Crippen LogP contribution in [0.1, 0.15) is 0 Å². The highest BCUT2D eigenvalue weighted by molar-refractivity contribution is 8.13. The summed E-state index contributed by atoms with van der Waals surface area (Å²) in [6, 6.07) is 9.23. The summed E-state index contributed by atoms with van der Waals surface area (Å²) in [5, 5.41) is 2.74. The van der Waals surface area contributed by atoms with E-state index in [1.807, 2.05) is 30.3 Å². The van der Waals surface area contributed by atoms with Crippen LogP contribution >= 0.6 is 11.8 Å². The molecule has 4 nitrogen and oxygen atoms in total. The first kappa shape index (κ1) is 11.0. The fourth-order valence-electron chi connectivity index (χ4n) is 1.46. The summed E-state index contributed by atoms with van der Waals surface area (Å²) in [7, 11) is 0. The average molecular weight is 236 g/mol. The Kier molecular flexibility index (Phi) is 3.46. The van der Waals surface area contributed by atoms with Crippen LogP contribution in [0, 0.1) is 0 Å². The van der Waals surface area contributed by atoms with Crippen molar-refractivity contribution in [2.24, 2.45) is 0 Å². The maximum atomic E-state index is 11.6. The highest BCUT2D eigenvalue weighted by atomic mass is 32.2. The Morgan fingerprint density at radius 1 is 1.38 bits per heavy atom. The Labute approximate surface area is 98.0 Å². The molecule has 0 saturated carbocycles. The number of hydrogen-bond acceptors (Lipinski definition) is 3. The summed E-state index contributed by atoms with van der Waals surface area (Å²) in [5.41, 5.74) is 0.756. The molecule has 0 bridgehead atoms. The van der Waals surface area contributed by atoms with Gasteiger partial charge in [-0.1, -0.05) is 30.0 Å². The molecule has 84 valence electrons. The molecule has 1 aliphatic rings. The van der Waals surface area contributed by atoms with Crippen LogP contribution in [0.25, 0.3) is 0 Å². The van der Waals surface area contributed by atoms with Crippen molar-refractivity contribution < 1.29 is 9.59 Å².